The summed E-state index contributed by atoms with van der Waals surface area (Å²) in [4.78, 5) is 14.3. The van der Waals surface area contributed by atoms with Gasteiger partial charge in [0.15, 0.2) is 0 Å². The van der Waals surface area contributed by atoms with Gasteiger partial charge in [0.05, 0.1) is 7.11 Å². The van der Waals surface area contributed by atoms with E-state index >= 15 is 0 Å². The number of hydrogen-bond donors (Lipinski definition) is 1. The Morgan fingerprint density at radius 1 is 1.65 bits per heavy atom. The Morgan fingerprint density at radius 3 is 2.71 bits per heavy atom. The first-order chi connectivity index (χ1) is 7.94. The first-order valence-corrected chi connectivity index (χ1v) is 6.47. The summed E-state index contributed by atoms with van der Waals surface area (Å²) in [5, 5.41) is 3.10. The van der Waals surface area contributed by atoms with Crippen LogP contribution in [0.5, 0.6) is 0 Å². The van der Waals surface area contributed by atoms with Gasteiger partial charge in [-0.25, -0.2) is 0 Å². The Balaban J connectivity index is 2.64. The van der Waals surface area contributed by atoms with Crippen LogP contribution in [-0.4, -0.2) is 49.2 Å². The molecule has 0 amide bonds. The molecule has 1 aliphatic heterocycles. The van der Waals surface area contributed by atoms with Crippen LogP contribution in [-0.2, 0) is 9.53 Å². The molecule has 0 aromatic rings. The number of ether oxygens (including phenoxy) is 1. The van der Waals surface area contributed by atoms with Crippen LogP contribution in [0.2, 0.25) is 0 Å². The molecular weight excluding hydrogens is 216 g/mol. The maximum absolute atomic E-state index is 11.8. The largest absolute Gasteiger partial charge is 0.468 e. The summed E-state index contributed by atoms with van der Waals surface area (Å²) in [5.74, 6) is -0.182. The van der Waals surface area contributed by atoms with Crippen molar-refractivity contribution in [2.24, 2.45) is 0 Å². The predicted molar refractivity (Wildman–Crippen MR) is 69.0 cm³/mol. The molecular formula is C13H26N2O2. The monoisotopic (exact) mass is 242 g/mol. The zero-order valence-corrected chi connectivity index (χ0v) is 11.7. The van der Waals surface area contributed by atoms with Crippen LogP contribution in [0.4, 0.5) is 0 Å². The highest BCUT2D eigenvalue weighted by Crippen LogP contribution is 2.24. The number of nitrogens with zero attached hydrogens (tertiary/aromatic N) is 1. The highest BCUT2D eigenvalue weighted by atomic mass is 16.5. The number of hydrogen-bond acceptors (Lipinski definition) is 4. The first-order valence-electron chi connectivity index (χ1n) is 6.47. The SMILES string of the molecule is CNC(C)(CC(C)N1CCCC1C)C(=O)OC. The van der Waals surface area contributed by atoms with Gasteiger partial charge in [0, 0.05) is 12.1 Å². The van der Waals surface area contributed by atoms with Crippen molar-refractivity contribution < 1.29 is 9.53 Å². The first kappa shape index (κ1) is 14.5. The second kappa shape index (κ2) is 5.83. The van der Waals surface area contributed by atoms with Gasteiger partial charge in [-0.2, -0.15) is 0 Å². The van der Waals surface area contributed by atoms with Gasteiger partial charge >= 0.3 is 5.97 Å². The molecule has 1 aliphatic rings. The standard InChI is InChI=1S/C13H26N2O2/c1-10-7-6-8-15(10)11(2)9-13(3,14-4)12(16)17-5/h10-11,14H,6-9H2,1-5H3. The van der Waals surface area contributed by atoms with Gasteiger partial charge in [-0.3, -0.25) is 9.69 Å². The molecule has 0 aliphatic carbocycles. The Bertz CT molecular complexity index is 270. The van der Waals surface area contributed by atoms with Gasteiger partial charge in [-0.1, -0.05) is 0 Å². The van der Waals surface area contributed by atoms with Crippen LogP contribution in [0.3, 0.4) is 0 Å². The van der Waals surface area contributed by atoms with E-state index in [-0.39, 0.29) is 5.97 Å². The normalized spacial score (nSPS) is 26.5. The van der Waals surface area contributed by atoms with E-state index in [4.69, 9.17) is 4.74 Å². The average molecular weight is 242 g/mol. The van der Waals surface area contributed by atoms with E-state index in [1.165, 1.54) is 20.0 Å². The van der Waals surface area contributed by atoms with Crippen molar-refractivity contribution in [2.45, 2.75) is 57.7 Å². The molecule has 1 fully saturated rings. The second-order valence-corrected chi connectivity index (χ2v) is 5.36. The Hall–Kier alpha value is -0.610. The second-order valence-electron chi connectivity index (χ2n) is 5.36. The van der Waals surface area contributed by atoms with E-state index in [9.17, 15) is 4.79 Å². The van der Waals surface area contributed by atoms with Crippen molar-refractivity contribution in [3.05, 3.63) is 0 Å². The van der Waals surface area contributed by atoms with Crippen LogP contribution in [0.15, 0.2) is 0 Å². The zero-order chi connectivity index (χ0) is 13.1. The van der Waals surface area contributed by atoms with E-state index in [0.29, 0.717) is 12.1 Å². The molecule has 17 heavy (non-hydrogen) atoms. The summed E-state index contributed by atoms with van der Waals surface area (Å²) in [6.45, 7) is 7.51. The van der Waals surface area contributed by atoms with Crippen molar-refractivity contribution in [3.63, 3.8) is 0 Å². The van der Waals surface area contributed by atoms with Crippen molar-refractivity contribution in [1.29, 1.82) is 0 Å². The summed E-state index contributed by atoms with van der Waals surface area (Å²) in [7, 11) is 3.26. The molecule has 4 heteroatoms. The number of likely N-dealkylation sites (N-methyl/N-ethyl adjacent to an activating group) is 1. The van der Waals surface area contributed by atoms with Crippen LogP contribution in [0.1, 0.15) is 40.0 Å². The van der Waals surface area contributed by atoms with Crippen LogP contribution in [0.25, 0.3) is 0 Å². The van der Waals surface area contributed by atoms with Gasteiger partial charge in [0.2, 0.25) is 0 Å². The molecule has 3 atom stereocenters. The minimum atomic E-state index is -0.587. The minimum absolute atomic E-state index is 0.182. The average Bonchev–Trinajstić information content (AvgIpc) is 2.74. The number of likely N-dealkylation sites (tertiary alicyclic amines) is 1. The molecule has 0 aromatic carbocycles. The topological polar surface area (TPSA) is 41.6 Å². The molecule has 1 rings (SSSR count). The van der Waals surface area contributed by atoms with Crippen molar-refractivity contribution in [2.75, 3.05) is 20.7 Å². The molecule has 1 heterocycles. The molecule has 4 nitrogen and oxygen atoms in total. The van der Waals surface area contributed by atoms with E-state index < -0.39 is 5.54 Å². The van der Waals surface area contributed by atoms with E-state index in [1.807, 2.05) is 14.0 Å². The molecule has 0 radical (unpaired) electrons. The fourth-order valence-corrected chi connectivity index (χ4v) is 2.83. The van der Waals surface area contributed by atoms with Gasteiger partial charge < -0.3 is 10.1 Å². The third-order valence-electron chi connectivity index (χ3n) is 4.06. The van der Waals surface area contributed by atoms with Crippen LogP contribution in [0, 0.1) is 0 Å². The lowest BCUT2D eigenvalue weighted by Gasteiger charge is -2.35. The van der Waals surface area contributed by atoms with Gasteiger partial charge in [0.1, 0.15) is 5.54 Å². The summed E-state index contributed by atoms with van der Waals surface area (Å²) < 4.78 is 4.88. The molecule has 1 saturated heterocycles. The zero-order valence-electron chi connectivity index (χ0n) is 11.7. The summed E-state index contributed by atoms with van der Waals surface area (Å²) >= 11 is 0. The van der Waals surface area contributed by atoms with Gasteiger partial charge in [-0.05, 0) is 53.6 Å². The van der Waals surface area contributed by atoms with Crippen molar-refractivity contribution in [1.82, 2.24) is 10.2 Å². The number of esters is 1. The maximum atomic E-state index is 11.8. The lowest BCUT2D eigenvalue weighted by molar-refractivity contribution is -0.148. The Labute approximate surface area is 105 Å². The van der Waals surface area contributed by atoms with Crippen LogP contribution >= 0.6 is 0 Å². The van der Waals surface area contributed by atoms with Gasteiger partial charge in [0.25, 0.3) is 0 Å². The number of methoxy groups -OCH3 is 1. The number of nitrogens with one attached hydrogen (secondary N) is 1. The van der Waals surface area contributed by atoms with E-state index in [0.717, 1.165) is 13.0 Å². The minimum Gasteiger partial charge on any atom is -0.468 e. The number of rotatable bonds is 5. The predicted octanol–water partition coefficient (Wildman–Crippen LogP) is 1.40. The molecule has 100 valence electrons. The lowest BCUT2D eigenvalue weighted by Crippen LogP contribution is -2.53. The molecule has 1 N–H and O–H groups in total. The summed E-state index contributed by atoms with van der Waals surface area (Å²) in [6.07, 6.45) is 3.30. The van der Waals surface area contributed by atoms with E-state index in [1.54, 1.807) is 0 Å². The molecule has 3 unspecified atom stereocenters. The van der Waals surface area contributed by atoms with Gasteiger partial charge in [-0.15, -0.1) is 0 Å². The maximum Gasteiger partial charge on any atom is 0.325 e. The summed E-state index contributed by atoms with van der Waals surface area (Å²) in [6, 6.07) is 1.02. The highest BCUT2D eigenvalue weighted by molar-refractivity contribution is 5.80. The molecule has 0 spiro atoms. The van der Waals surface area contributed by atoms with Crippen LogP contribution < -0.4 is 5.32 Å². The molecule has 0 aromatic heterocycles. The van der Waals surface area contributed by atoms with E-state index in [2.05, 4.69) is 24.1 Å². The Kier molecular flexibility index (Phi) is 4.95. The fraction of sp³-hybridized carbons (Fsp3) is 0.923. The summed E-state index contributed by atoms with van der Waals surface area (Å²) in [5.41, 5.74) is -0.587. The number of carbonyl (C=O) groups excluding carboxylic acids is 1. The third-order valence-corrected chi connectivity index (χ3v) is 4.06. The molecule has 0 bridgehead atoms. The van der Waals surface area contributed by atoms with Crippen molar-refractivity contribution in [3.8, 4) is 0 Å². The quantitative estimate of drug-likeness (QED) is 0.740. The van der Waals surface area contributed by atoms with Crippen molar-refractivity contribution >= 4 is 5.97 Å². The smallest absolute Gasteiger partial charge is 0.325 e. The molecule has 0 saturated carbocycles. The number of carbonyl (C=O) groups is 1. The fourth-order valence-electron chi connectivity index (χ4n) is 2.83. The third kappa shape index (κ3) is 3.19. The highest BCUT2D eigenvalue weighted by Gasteiger charge is 2.37. The lowest BCUT2D eigenvalue weighted by atomic mass is 9.93. The Morgan fingerprint density at radius 2 is 2.29 bits per heavy atom.